The topological polar surface area (TPSA) is 70.5 Å². The van der Waals surface area contributed by atoms with E-state index >= 15 is 0 Å². The molecule has 3 aromatic rings. The first kappa shape index (κ1) is 21.1. The van der Waals surface area contributed by atoms with Crippen LogP contribution in [0.2, 0.25) is 0 Å². The van der Waals surface area contributed by atoms with E-state index in [-0.39, 0.29) is 11.4 Å². The smallest absolute Gasteiger partial charge is 0.422 e. The molecule has 4 nitrogen and oxygen atoms in total. The van der Waals surface area contributed by atoms with Crippen LogP contribution in [0, 0.1) is 23.3 Å². The molecule has 0 saturated heterocycles. The molecule has 158 valence electrons. The number of halogens is 7. The highest BCUT2D eigenvalue weighted by Crippen LogP contribution is 2.45. The van der Waals surface area contributed by atoms with Gasteiger partial charge in [0.05, 0.1) is 0 Å². The second-order valence-electron chi connectivity index (χ2n) is 5.96. The fraction of sp³-hybridized carbons (Fsp3) is 0.0526. The van der Waals surface area contributed by atoms with Crippen molar-refractivity contribution >= 4 is 11.4 Å². The van der Waals surface area contributed by atoms with Gasteiger partial charge in [-0.2, -0.15) is 17.6 Å². The second-order valence-corrected chi connectivity index (χ2v) is 5.96. The molecule has 0 spiro atoms. The number of alkyl halides is 3. The zero-order valence-corrected chi connectivity index (χ0v) is 14.7. The summed E-state index contributed by atoms with van der Waals surface area (Å²) in [6, 6.07) is 5.96. The summed E-state index contributed by atoms with van der Waals surface area (Å²) >= 11 is 0. The van der Waals surface area contributed by atoms with Gasteiger partial charge in [0, 0.05) is 29.6 Å². The molecule has 3 aromatic carbocycles. The molecule has 0 aliphatic rings. The Labute approximate surface area is 164 Å². The molecule has 0 saturated carbocycles. The van der Waals surface area contributed by atoms with Crippen LogP contribution in [0.5, 0.6) is 23.0 Å². The van der Waals surface area contributed by atoms with Gasteiger partial charge >= 0.3 is 6.18 Å². The number of benzene rings is 3. The summed E-state index contributed by atoms with van der Waals surface area (Å²) in [4.78, 5) is 0. The Kier molecular flexibility index (Phi) is 5.38. The molecule has 3 rings (SSSR count). The van der Waals surface area contributed by atoms with Gasteiger partial charge in [-0.05, 0) is 24.3 Å². The minimum atomic E-state index is -5.42. The molecule has 4 N–H and O–H groups in total. The maximum atomic E-state index is 14.3. The molecule has 0 aliphatic heterocycles. The Morgan fingerprint density at radius 2 is 1.07 bits per heavy atom. The van der Waals surface area contributed by atoms with Crippen molar-refractivity contribution in [3.63, 3.8) is 0 Å². The zero-order valence-electron chi connectivity index (χ0n) is 14.7. The average molecular weight is 432 g/mol. The summed E-state index contributed by atoms with van der Waals surface area (Å²) in [5, 5.41) is 0. The Bertz CT molecular complexity index is 1120. The monoisotopic (exact) mass is 432 g/mol. The highest BCUT2D eigenvalue weighted by atomic mass is 19.4. The number of ether oxygens (including phenoxy) is 2. The van der Waals surface area contributed by atoms with E-state index in [0.29, 0.717) is 6.07 Å². The van der Waals surface area contributed by atoms with Crippen molar-refractivity contribution in [2.45, 2.75) is 6.18 Å². The van der Waals surface area contributed by atoms with E-state index in [9.17, 15) is 30.7 Å². The molecule has 0 aromatic heterocycles. The molecule has 0 unspecified atom stereocenters. The number of rotatable bonds is 4. The molecule has 0 radical (unpaired) electrons. The van der Waals surface area contributed by atoms with Crippen LogP contribution in [0.3, 0.4) is 0 Å². The number of nitrogen functional groups attached to an aromatic ring is 2. The van der Waals surface area contributed by atoms with Gasteiger partial charge in [-0.3, -0.25) is 0 Å². The van der Waals surface area contributed by atoms with Crippen LogP contribution in [0.1, 0.15) is 5.56 Å². The Balaban J connectivity index is 2.16. The normalized spacial score (nSPS) is 11.4. The first-order valence-corrected chi connectivity index (χ1v) is 8.02. The number of nitrogens with two attached hydrogens (primary N) is 2. The molecule has 0 heterocycles. The number of anilines is 2. The van der Waals surface area contributed by atoms with E-state index in [0.717, 1.165) is 36.4 Å². The van der Waals surface area contributed by atoms with Gasteiger partial charge in [-0.25, -0.2) is 13.2 Å². The van der Waals surface area contributed by atoms with Gasteiger partial charge in [0.1, 0.15) is 11.3 Å². The minimum absolute atomic E-state index is 0.0162. The fourth-order valence-electron chi connectivity index (χ4n) is 2.43. The SMILES string of the molecule is Nc1ccc(F)c(Oc2cc(Oc3cc(N)ccc3F)c(C(F)(F)F)c(F)c2F)c1. The van der Waals surface area contributed by atoms with Gasteiger partial charge in [-0.15, -0.1) is 0 Å². The van der Waals surface area contributed by atoms with Crippen LogP contribution in [0.4, 0.5) is 42.1 Å². The van der Waals surface area contributed by atoms with Crippen LogP contribution >= 0.6 is 0 Å². The second kappa shape index (κ2) is 7.65. The largest absolute Gasteiger partial charge is 0.453 e. The summed E-state index contributed by atoms with van der Waals surface area (Å²) in [5.41, 5.74) is 8.66. The third-order valence-corrected chi connectivity index (χ3v) is 3.77. The molecule has 0 bridgehead atoms. The first-order chi connectivity index (χ1) is 14.0. The van der Waals surface area contributed by atoms with Gasteiger partial charge in [-0.1, -0.05) is 0 Å². The lowest BCUT2D eigenvalue weighted by atomic mass is 10.1. The van der Waals surface area contributed by atoms with Crippen molar-refractivity contribution in [2.24, 2.45) is 0 Å². The summed E-state index contributed by atoms with van der Waals surface area (Å²) in [6.07, 6.45) is -5.42. The molecule has 11 heteroatoms. The van der Waals surface area contributed by atoms with Crippen LogP contribution < -0.4 is 20.9 Å². The molecule has 0 fully saturated rings. The van der Waals surface area contributed by atoms with E-state index < -0.39 is 58.0 Å². The standard InChI is InChI=1S/C19H11F7N2O2/c20-10-3-1-8(27)5-12(10)29-14-7-15(17(22)18(23)16(14)19(24,25)26)30-13-6-9(28)2-4-11(13)21/h1-7H,27-28H2. The van der Waals surface area contributed by atoms with E-state index in [1.165, 1.54) is 0 Å². The Hall–Kier alpha value is -3.63. The Morgan fingerprint density at radius 1 is 0.600 bits per heavy atom. The third kappa shape index (κ3) is 4.19. The average Bonchev–Trinajstić information content (AvgIpc) is 2.64. The zero-order chi connectivity index (χ0) is 22.2. The van der Waals surface area contributed by atoms with E-state index in [4.69, 9.17) is 20.9 Å². The van der Waals surface area contributed by atoms with Gasteiger partial charge in [0.25, 0.3) is 0 Å². The lowest BCUT2D eigenvalue weighted by molar-refractivity contribution is -0.141. The van der Waals surface area contributed by atoms with Crippen LogP contribution in [-0.2, 0) is 6.18 Å². The maximum absolute atomic E-state index is 14.3. The van der Waals surface area contributed by atoms with Crippen LogP contribution in [0.15, 0.2) is 42.5 Å². The van der Waals surface area contributed by atoms with Crippen molar-refractivity contribution in [1.82, 2.24) is 0 Å². The Morgan fingerprint density at radius 3 is 1.53 bits per heavy atom. The summed E-state index contributed by atoms with van der Waals surface area (Å²) < 4.78 is 106. The van der Waals surface area contributed by atoms with Crippen molar-refractivity contribution < 1.29 is 40.2 Å². The van der Waals surface area contributed by atoms with E-state index in [1.807, 2.05) is 0 Å². The molecule has 30 heavy (non-hydrogen) atoms. The van der Waals surface area contributed by atoms with Gasteiger partial charge < -0.3 is 20.9 Å². The third-order valence-electron chi connectivity index (χ3n) is 3.77. The molecule has 0 aliphatic carbocycles. The fourth-order valence-corrected chi connectivity index (χ4v) is 2.43. The highest BCUT2D eigenvalue weighted by molar-refractivity contribution is 5.52. The first-order valence-electron chi connectivity index (χ1n) is 8.02. The lowest BCUT2D eigenvalue weighted by Gasteiger charge is -2.18. The summed E-state index contributed by atoms with van der Waals surface area (Å²) in [5.74, 6) is -10.6. The van der Waals surface area contributed by atoms with Crippen molar-refractivity contribution in [2.75, 3.05) is 11.5 Å². The number of hydrogen-bond donors (Lipinski definition) is 2. The minimum Gasteiger partial charge on any atom is -0.453 e. The summed E-state index contributed by atoms with van der Waals surface area (Å²) in [6.45, 7) is 0. The quantitative estimate of drug-likeness (QED) is 0.391. The maximum Gasteiger partial charge on any atom is 0.422 e. The van der Waals surface area contributed by atoms with Crippen molar-refractivity contribution in [3.8, 4) is 23.0 Å². The van der Waals surface area contributed by atoms with E-state index in [2.05, 4.69) is 0 Å². The molecule has 0 amide bonds. The van der Waals surface area contributed by atoms with E-state index in [1.54, 1.807) is 0 Å². The molecular weight excluding hydrogens is 421 g/mol. The predicted molar refractivity (Wildman–Crippen MR) is 93.1 cm³/mol. The van der Waals surface area contributed by atoms with Crippen molar-refractivity contribution in [1.29, 1.82) is 0 Å². The van der Waals surface area contributed by atoms with Gasteiger partial charge in [0.2, 0.25) is 5.82 Å². The number of hydrogen-bond acceptors (Lipinski definition) is 4. The highest BCUT2D eigenvalue weighted by Gasteiger charge is 2.41. The predicted octanol–water partition coefficient (Wildman–Crippen LogP) is 6.01. The van der Waals surface area contributed by atoms with Crippen molar-refractivity contribution in [3.05, 3.63) is 71.3 Å². The van der Waals surface area contributed by atoms with Crippen LogP contribution in [0.25, 0.3) is 0 Å². The lowest BCUT2D eigenvalue weighted by Crippen LogP contribution is -2.13. The van der Waals surface area contributed by atoms with Gasteiger partial charge in [0.15, 0.2) is 34.7 Å². The van der Waals surface area contributed by atoms with Crippen LogP contribution in [-0.4, -0.2) is 0 Å². The molecule has 0 atom stereocenters. The molecular formula is C19H11F7N2O2. The summed E-state index contributed by atoms with van der Waals surface area (Å²) in [7, 11) is 0.